The van der Waals surface area contributed by atoms with Gasteiger partial charge in [-0.3, -0.25) is 0 Å². The summed E-state index contributed by atoms with van der Waals surface area (Å²) in [6, 6.07) is 10.1. The highest BCUT2D eigenvalue weighted by molar-refractivity contribution is 7.81. The van der Waals surface area contributed by atoms with E-state index in [4.69, 9.17) is 11.5 Å². The Labute approximate surface area is 95.1 Å². The van der Waals surface area contributed by atoms with E-state index < -0.39 is 5.66 Å². The molecule has 2 nitrogen and oxygen atoms in total. The van der Waals surface area contributed by atoms with Gasteiger partial charge in [-0.1, -0.05) is 42.5 Å². The number of allylic oxidation sites excluding steroid dienone is 2. The Bertz CT molecular complexity index is 407. The molecule has 1 unspecified atom stereocenters. The summed E-state index contributed by atoms with van der Waals surface area (Å²) in [5.41, 5.74) is 13.1. The van der Waals surface area contributed by atoms with Crippen LogP contribution in [-0.4, -0.2) is 10.9 Å². The average molecular weight is 218 g/mol. The SMILES string of the molecule is NC1(N)C=CC(c2ccccc2)=CC1S. The molecule has 0 fully saturated rings. The van der Waals surface area contributed by atoms with Crippen LogP contribution in [0.3, 0.4) is 0 Å². The summed E-state index contributed by atoms with van der Waals surface area (Å²) in [5, 5.41) is -0.155. The number of thiol groups is 1. The summed E-state index contributed by atoms with van der Waals surface area (Å²) in [6.45, 7) is 0. The molecule has 2 rings (SSSR count). The summed E-state index contributed by atoms with van der Waals surface area (Å²) < 4.78 is 0. The van der Waals surface area contributed by atoms with Gasteiger partial charge in [-0.05, 0) is 17.2 Å². The molecule has 0 bridgehead atoms. The molecule has 0 aromatic heterocycles. The van der Waals surface area contributed by atoms with Gasteiger partial charge in [0.2, 0.25) is 0 Å². The van der Waals surface area contributed by atoms with E-state index in [1.165, 1.54) is 0 Å². The van der Waals surface area contributed by atoms with Crippen molar-refractivity contribution in [3.63, 3.8) is 0 Å². The van der Waals surface area contributed by atoms with Gasteiger partial charge in [0.25, 0.3) is 0 Å². The molecule has 0 heterocycles. The fourth-order valence-corrected chi connectivity index (χ4v) is 1.77. The molecule has 1 aliphatic rings. The van der Waals surface area contributed by atoms with E-state index in [1.54, 1.807) is 6.08 Å². The Hall–Kier alpha value is -1.03. The molecule has 0 saturated carbocycles. The van der Waals surface area contributed by atoms with Crippen molar-refractivity contribution in [2.75, 3.05) is 0 Å². The second-order valence-electron chi connectivity index (χ2n) is 3.77. The zero-order valence-corrected chi connectivity index (χ0v) is 9.19. The van der Waals surface area contributed by atoms with Crippen molar-refractivity contribution in [3.8, 4) is 0 Å². The van der Waals surface area contributed by atoms with Crippen LogP contribution in [0.25, 0.3) is 5.57 Å². The molecular weight excluding hydrogens is 204 g/mol. The van der Waals surface area contributed by atoms with Gasteiger partial charge in [-0.15, -0.1) is 0 Å². The lowest BCUT2D eigenvalue weighted by molar-refractivity contribution is 0.573. The predicted molar refractivity (Wildman–Crippen MR) is 67.4 cm³/mol. The Balaban J connectivity index is 2.32. The van der Waals surface area contributed by atoms with E-state index in [-0.39, 0.29) is 5.25 Å². The Kier molecular flexibility index (Phi) is 2.69. The summed E-state index contributed by atoms with van der Waals surface area (Å²) in [5.74, 6) is 0. The summed E-state index contributed by atoms with van der Waals surface area (Å²) in [6.07, 6.45) is 5.73. The van der Waals surface area contributed by atoms with Gasteiger partial charge >= 0.3 is 0 Å². The van der Waals surface area contributed by atoms with Gasteiger partial charge in [0, 0.05) is 0 Å². The van der Waals surface area contributed by atoms with Crippen molar-refractivity contribution in [2.45, 2.75) is 10.9 Å². The third-order valence-corrected chi connectivity index (χ3v) is 3.10. The highest BCUT2D eigenvalue weighted by atomic mass is 32.1. The molecule has 15 heavy (non-hydrogen) atoms. The molecule has 78 valence electrons. The molecule has 1 atom stereocenters. The van der Waals surface area contributed by atoms with Crippen molar-refractivity contribution in [3.05, 3.63) is 54.1 Å². The third kappa shape index (κ3) is 2.15. The van der Waals surface area contributed by atoms with E-state index >= 15 is 0 Å². The van der Waals surface area contributed by atoms with Crippen molar-refractivity contribution >= 4 is 18.2 Å². The Morgan fingerprint density at radius 2 is 1.80 bits per heavy atom. The first-order valence-electron chi connectivity index (χ1n) is 4.82. The van der Waals surface area contributed by atoms with Crippen LogP contribution in [0.5, 0.6) is 0 Å². The van der Waals surface area contributed by atoms with E-state index in [9.17, 15) is 0 Å². The number of nitrogens with two attached hydrogens (primary N) is 2. The van der Waals surface area contributed by atoms with Crippen LogP contribution in [0, 0.1) is 0 Å². The number of hydrogen-bond acceptors (Lipinski definition) is 3. The van der Waals surface area contributed by atoms with Gasteiger partial charge < -0.3 is 11.5 Å². The van der Waals surface area contributed by atoms with Gasteiger partial charge in [0.05, 0.1) is 10.9 Å². The third-order valence-electron chi connectivity index (χ3n) is 2.51. The Morgan fingerprint density at radius 3 is 2.40 bits per heavy atom. The normalized spacial score (nSPS) is 23.7. The van der Waals surface area contributed by atoms with Gasteiger partial charge in [0.1, 0.15) is 0 Å². The predicted octanol–water partition coefficient (Wildman–Crippen LogP) is 1.55. The smallest absolute Gasteiger partial charge is 0.0987 e. The van der Waals surface area contributed by atoms with Crippen LogP contribution >= 0.6 is 12.6 Å². The lowest BCUT2D eigenvalue weighted by Crippen LogP contribution is -2.55. The molecule has 0 spiro atoms. The first kappa shape index (κ1) is 10.5. The molecule has 0 radical (unpaired) electrons. The highest BCUT2D eigenvalue weighted by Gasteiger charge is 2.26. The van der Waals surface area contributed by atoms with Crippen LogP contribution in [-0.2, 0) is 0 Å². The summed E-state index contributed by atoms with van der Waals surface area (Å²) in [7, 11) is 0. The second kappa shape index (κ2) is 3.85. The molecular formula is C12H14N2S. The Morgan fingerprint density at radius 1 is 1.13 bits per heavy atom. The zero-order valence-electron chi connectivity index (χ0n) is 8.30. The van der Waals surface area contributed by atoms with Crippen molar-refractivity contribution < 1.29 is 0 Å². The minimum absolute atomic E-state index is 0.155. The number of rotatable bonds is 1. The zero-order chi connectivity index (χ0) is 10.9. The van der Waals surface area contributed by atoms with Gasteiger partial charge in [-0.2, -0.15) is 12.6 Å². The van der Waals surface area contributed by atoms with Crippen molar-refractivity contribution in [1.29, 1.82) is 0 Å². The topological polar surface area (TPSA) is 52.0 Å². The maximum atomic E-state index is 5.83. The highest BCUT2D eigenvalue weighted by Crippen LogP contribution is 2.25. The maximum Gasteiger partial charge on any atom is 0.0987 e. The quantitative estimate of drug-likeness (QED) is 0.495. The van der Waals surface area contributed by atoms with Crippen LogP contribution in [0.1, 0.15) is 5.56 Å². The minimum atomic E-state index is -0.846. The molecule has 0 aliphatic heterocycles. The largest absolute Gasteiger partial charge is 0.309 e. The van der Waals surface area contributed by atoms with Crippen molar-refractivity contribution in [2.24, 2.45) is 11.5 Å². The van der Waals surface area contributed by atoms with Crippen LogP contribution in [0.4, 0.5) is 0 Å². The standard InChI is InChI=1S/C12H14N2S/c13-12(14)7-6-10(8-11(12)15)9-4-2-1-3-5-9/h1-8,11,15H,13-14H2. The monoisotopic (exact) mass is 218 g/mol. The summed E-state index contributed by atoms with van der Waals surface area (Å²) >= 11 is 4.37. The maximum absolute atomic E-state index is 5.83. The average Bonchev–Trinajstić information content (AvgIpc) is 2.23. The van der Waals surface area contributed by atoms with Crippen LogP contribution in [0.15, 0.2) is 48.6 Å². The van der Waals surface area contributed by atoms with Crippen LogP contribution in [0.2, 0.25) is 0 Å². The van der Waals surface area contributed by atoms with E-state index in [2.05, 4.69) is 24.8 Å². The lowest BCUT2D eigenvalue weighted by Gasteiger charge is -2.29. The molecule has 4 N–H and O–H groups in total. The van der Waals surface area contributed by atoms with E-state index in [1.807, 2.05) is 30.4 Å². The first-order valence-corrected chi connectivity index (χ1v) is 5.33. The van der Waals surface area contributed by atoms with E-state index in [0.717, 1.165) is 11.1 Å². The molecule has 1 aromatic rings. The first-order chi connectivity index (χ1) is 7.09. The van der Waals surface area contributed by atoms with Crippen molar-refractivity contribution in [1.82, 2.24) is 0 Å². The minimum Gasteiger partial charge on any atom is -0.309 e. The van der Waals surface area contributed by atoms with Gasteiger partial charge in [-0.25, -0.2) is 0 Å². The van der Waals surface area contributed by atoms with Gasteiger partial charge in [0.15, 0.2) is 0 Å². The second-order valence-corrected chi connectivity index (χ2v) is 4.32. The van der Waals surface area contributed by atoms with Crippen LogP contribution < -0.4 is 11.5 Å². The fourth-order valence-electron chi connectivity index (χ4n) is 1.53. The number of benzene rings is 1. The molecule has 0 saturated heterocycles. The molecule has 0 amide bonds. The summed E-state index contributed by atoms with van der Waals surface area (Å²) in [4.78, 5) is 0. The number of hydrogen-bond donors (Lipinski definition) is 3. The van der Waals surface area contributed by atoms with E-state index in [0.29, 0.717) is 0 Å². The molecule has 1 aromatic carbocycles. The fraction of sp³-hybridized carbons (Fsp3) is 0.167. The molecule has 1 aliphatic carbocycles. The molecule has 3 heteroatoms. The lowest BCUT2D eigenvalue weighted by atomic mass is 9.94.